The van der Waals surface area contributed by atoms with Gasteiger partial charge >= 0.3 is 0 Å². The van der Waals surface area contributed by atoms with E-state index in [4.69, 9.17) is 4.98 Å². The molecule has 0 aliphatic heterocycles. The first-order chi connectivity index (χ1) is 14.8. The van der Waals surface area contributed by atoms with Crippen LogP contribution in [-0.2, 0) is 24.2 Å². The van der Waals surface area contributed by atoms with Crippen LogP contribution in [0, 0.1) is 24.0 Å². The molecule has 0 spiro atoms. The number of fused-ring (bicyclic) bond motifs is 1. The molecule has 2 heterocycles. The maximum Gasteiger partial charge on any atom is 0.271 e. The average Bonchev–Trinajstić information content (AvgIpc) is 3.08. The molecule has 0 bridgehead atoms. The molecular weight excluding hydrogens is 400 g/mol. The van der Waals surface area contributed by atoms with Crippen molar-refractivity contribution in [2.24, 2.45) is 0 Å². The first-order valence-electron chi connectivity index (χ1n) is 10.0. The zero-order chi connectivity index (χ0) is 22.1. The molecule has 160 valence electrons. The van der Waals surface area contributed by atoms with E-state index in [0.29, 0.717) is 17.9 Å². The number of rotatable bonds is 5. The van der Waals surface area contributed by atoms with Gasteiger partial charge in [-0.1, -0.05) is 6.07 Å². The van der Waals surface area contributed by atoms with E-state index in [-0.39, 0.29) is 23.5 Å². The number of hydrogen-bond acceptors (Lipinski definition) is 6. The zero-order valence-corrected chi connectivity index (χ0v) is 17.3. The molecule has 0 unspecified atom stereocenters. The van der Waals surface area contributed by atoms with Crippen molar-refractivity contribution in [3.63, 3.8) is 0 Å². The van der Waals surface area contributed by atoms with Gasteiger partial charge < -0.3 is 5.32 Å². The number of anilines is 1. The van der Waals surface area contributed by atoms with E-state index in [9.17, 15) is 19.7 Å². The third kappa shape index (κ3) is 4.09. The van der Waals surface area contributed by atoms with Crippen LogP contribution in [0.25, 0.3) is 5.95 Å². The summed E-state index contributed by atoms with van der Waals surface area (Å²) >= 11 is 0. The van der Waals surface area contributed by atoms with Gasteiger partial charge in [-0.15, -0.1) is 0 Å². The van der Waals surface area contributed by atoms with E-state index in [0.717, 1.165) is 36.3 Å². The fraction of sp³-hybridized carbons (Fsp3) is 0.333. The molecule has 1 N–H and O–H groups in total. The van der Waals surface area contributed by atoms with Gasteiger partial charge in [-0.3, -0.25) is 24.3 Å². The van der Waals surface area contributed by atoms with Gasteiger partial charge in [-0.2, -0.15) is 5.10 Å². The fourth-order valence-corrected chi connectivity index (χ4v) is 3.85. The summed E-state index contributed by atoms with van der Waals surface area (Å²) in [5, 5.41) is 18.0. The van der Waals surface area contributed by atoms with Crippen LogP contribution in [0.1, 0.15) is 35.5 Å². The van der Waals surface area contributed by atoms with Crippen molar-refractivity contribution in [1.82, 2.24) is 19.3 Å². The second-order valence-corrected chi connectivity index (χ2v) is 7.63. The number of aryl methyl sites for hydroxylation is 3. The molecule has 3 aromatic rings. The average molecular weight is 422 g/mol. The van der Waals surface area contributed by atoms with E-state index in [1.807, 2.05) is 19.9 Å². The molecule has 10 heteroatoms. The molecule has 2 aromatic heterocycles. The number of carbonyl (C=O) groups is 1. The molecule has 0 saturated carbocycles. The van der Waals surface area contributed by atoms with E-state index >= 15 is 0 Å². The lowest BCUT2D eigenvalue weighted by molar-refractivity contribution is -0.384. The molecule has 1 amide bonds. The molecule has 0 radical (unpaired) electrons. The molecule has 31 heavy (non-hydrogen) atoms. The van der Waals surface area contributed by atoms with Gasteiger partial charge in [-0.05, 0) is 51.7 Å². The SMILES string of the molecule is Cc1cc(C)n(-c2nc3c(c(=O)n2CC(=O)Nc2cccc([N+](=O)[O-])c2)CCCC3)n1. The topological polar surface area (TPSA) is 125 Å². The highest BCUT2D eigenvalue weighted by atomic mass is 16.6. The van der Waals surface area contributed by atoms with Crippen LogP contribution in [0.3, 0.4) is 0 Å². The Kier molecular flexibility index (Phi) is 5.37. The highest BCUT2D eigenvalue weighted by molar-refractivity contribution is 5.91. The molecular formula is C21H22N6O4. The van der Waals surface area contributed by atoms with Crippen molar-refractivity contribution in [3.8, 4) is 5.95 Å². The van der Waals surface area contributed by atoms with Crippen molar-refractivity contribution in [2.75, 3.05) is 5.32 Å². The van der Waals surface area contributed by atoms with E-state index in [2.05, 4.69) is 10.4 Å². The largest absolute Gasteiger partial charge is 0.324 e. The van der Waals surface area contributed by atoms with Gasteiger partial charge in [0.1, 0.15) is 6.54 Å². The molecule has 1 aliphatic rings. The van der Waals surface area contributed by atoms with Crippen molar-refractivity contribution in [2.45, 2.75) is 46.1 Å². The Labute approximate surface area is 177 Å². The molecule has 1 aromatic carbocycles. The standard InChI is InChI=1S/C21H22N6O4/c1-13-10-14(2)26(24-13)21-23-18-9-4-3-8-17(18)20(29)25(21)12-19(28)22-15-6-5-7-16(11-15)27(30)31/h5-7,10-11H,3-4,8-9,12H2,1-2H3,(H,22,28). The van der Waals surface area contributed by atoms with E-state index in [1.54, 1.807) is 10.7 Å². The van der Waals surface area contributed by atoms with E-state index in [1.165, 1.54) is 22.8 Å². The molecule has 4 rings (SSSR count). The first-order valence-corrected chi connectivity index (χ1v) is 10.0. The molecule has 1 aliphatic carbocycles. The van der Waals surface area contributed by atoms with Gasteiger partial charge in [0.25, 0.3) is 11.2 Å². The van der Waals surface area contributed by atoms with Crippen molar-refractivity contribution < 1.29 is 9.72 Å². The number of carbonyl (C=O) groups excluding carboxylic acids is 1. The Morgan fingerprint density at radius 2 is 2.00 bits per heavy atom. The predicted molar refractivity (Wildman–Crippen MR) is 113 cm³/mol. The maximum atomic E-state index is 13.3. The lowest BCUT2D eigenvalue weighted by atomic mass is 9.97. The Balaban J connectivity index is 1.72. The minimum absolute atomic E-state index is 0.131. The minimum atomic E-state index is -0.533. The summed E-state index contributed by atoms with van der Waals surface area (Å²) in [7, 11) is 0. The highest BCUT2D eigenvalue weighted by Crippen LogP contribution is 2.20. The van der Waals surface area contributed by atoms with Crippen LogP contribution in [0.2, 0.25) is 0 Å². The molecule has 10 nitrogen and oxygen atoms in total. The van der Waals surface area contributed by atoms with Crippen LogP contribution in [0.15, 0.2) is 35.1 Å². The summed E-state index contributed by atoms with van der Waals surface area (Å²) in [6, 6.07) is 7.53. The van der Waals surface area contributed by atoms with Crippen LogP contribution in [0.4, 0.5) is 11.4 Å². The highest BCUT2D eigenvalue weighted by Gasteiger charge is 2.23. The normalized spacial score (nSPS) is 13.0. The number of nitro groups is 1. The van der Waals surface area contributed by atoms with Crippen molar-refractivity contribution in [3.05, 3.63) is 73.4 Å². The van der Waals surface area contributed by atoms with Gasteiger partial charge in [-0.25, -0.2) is 9.67 Å². The number of nitrogens with one attached hydrogen (secondary N) is 1. The monoisotopic (exact) mass is 422 g/mol. The summed E-state index contributed by atoms with van der Waals surface area (Å²) in [5.74, 6) is -0.187. The molecule has 0 fully saturated rings. The first kappa shape index (κ1) is 20.5. The summed E-state index contributed by atoms with van der Waals surface area (Å²) < 4.78 is 2.91. The van der Waals surface area contributed by atoms with Crippen LogP contribution in [-0.4, -0.2) is 30.2 Å². The van der Waals surface area contributed by atoms with Crippen molar-refractivity contribution in [1.29, 1.82) is 0 Å². The summed E-state index contributed by atoms with van der Waals surface area (Å²) in [6.07, 6.45) is 3.22. The van der Waals surface area contributed by atoms with Gasteiger partial charge in [0.2, 0.25) is 11.9 Å². The second kappa shape index (κ2) is 8.13. The van der Waals surface area contributed by atoms with Gasteiger partial charge in [0.15, 0.2) is 0 Å². The lowest BCUT2D eigenvalue weighted by Gasteiger charge is -2.20. The van der Waals surface area contributed by atoms with Crippen LogP contribution < -0.4 is 10.9 Å². The van der Waals surface area contributed by atoms with Crippen molar-refractivity contribution >= 4 is 17.3 Å². The number of nitro benzene ring substituents is 1. The quantitative estimate of drug-likeness (QED) is 0.497. The Hall–Kier alpha value is -3.82. The van der Waals surface area contributed by atoms with Crippen LogP contribution in [0.5, 0.6) is 0 Å². The molecule has 0 saturated heterocycles. The number of benzene rings is 1. The maximum absolute atomic E-state index is 13.3. The lowest BCUT2D eigenvalue weighted by Crippen LogP contribution is -2.35. The zero-order valence-electron chi connectivity index (χ0n) is 17.3. The van der Waals surface area contributed by atoms with Gasteiger partial charge in [0, 0.05) is 29.1 Å². The summed E-state index contributed by atoms with van der Waals surface area (Å²) in [6.45, 7) is 3.42. The summed E-state index contributed by atoms with van der Waals surface area (Å²) in [4.78, 5) is 41.2. The van der Waals surface area contributed by atoms with Gasteiger partial charge in [0.05, 0.1) is 16.3 Å². The Morgan fingerprint density at radius 1 is 1.23 bits per heavy atom. The number of nitrogens with zero attached hydrogens (tertiary/aromatic N) is 5. The number of hydrogen-bond donors (Lipinski definition) is 1. The second-order valence-electron chi connectivity index (χ2n) is 7.63. The third-order valence-electron chi connectivity index (χ3n) is 5.26. The number of aromatic nitrogens is 4. The fourth-order valence-electron chi connectivity index (χ4n) is 3.85. The smallest absolute Gasteiger partial charge is 0.271 e. The Bertz CT molecular complexity index is 1240. The Morgan fingerprint density at radius 3 is 2.71 bits per heavy atom. The van der Waals surface area contributed by atoms with Crippen LogP contribution >= 0.6 is 0 Å². The minimum Gasteiger partial charge on any atom is -0.324 e. The summed E-state index contributed by atoms with van der Waals surface area (Å²) in [5.41, 5.74) is 2.87. The van der Waals surface area contributed by atoms with E-state index < -0.39 is 10.8 Å². The number of non-ortho nitro benzene ring substituents is 1. The third-order valence-corrected chi connectivity index (χ3v) is 5.26. The number of amides is 1. The molecule has 0 atom stereocenters. The predicted octanol–water partition coefficient (Wildman–Crippen LogP) is 2.47.